The lowest BCUT2D eigenvalue weighted by Crippen LogP contribution is -2.16. The lowest BCUT2D eigenvalue weighted by Gasteiger charge is -2.19. The number of ether oxygens (including phenoxy) is 2. The van der Waals surface area contributed by atoms with E-state index in [-0.39, 0.29) is 17.6 Å². The summed E-state index contributed by atoms with van der Waals surface area (Å²) in [5.41, 5.74) is 1.59. The molecule has 2 aliphatic rings. The number of rotatable bonds is 4. The maximum absolute atomic E-state index is 12.7. The summed E-state index contributed by atoms with van der Waals surface area (Å²) in [5.74, 6) is 0.664. The van der Waals surface area contributed by atoms with Gasteiger partial charge in [-0.2, -0.15) is 5.26 Å². The third-order valence-electron chi connectivity index (χ3n) is 4.55. The number of nitriles is 1. The average Bonchev–Trinajstić information content (AvgIpc) is 3.43. The number of aromatic nitrogens is 1. The molecule has 0 amide bonds. The van der Waals surface area contributed by atoms with Crippen molar-refractivity contribution in [2.24, 2.45) is 5.92 Å². The van der Waals surface area contributed by atoms with Gasteiger partial charge < -0.3 is 9.47 Å². The van der Waals surface area contributed by atoms with Crippen molar-refractivity contribution in [2.75, 3.05) is 13.2 Å². The molecule has 24 heavy (non-hydrogen) atoms. The summed E-state index contributed by atoms with van der Waals surface area (Å²) in [6.45, 7) is 1.10. The van der Waals surface area contributed by atoms with Crippen molar-refractivity contribution in [3.8, 4) is 17.6 Å². The summed E-state index contributed by atoms with van der Waals surface area (Å²) in [4.78, 5) is 16.8. The molecule has 120 valence electrons. The van der Waals surface area contributed by atoms with Gasteiger partial charge >= 0.3 is 0 Å². The summed E-state index contributed by atoms with van der Waals surface area (Å²) >= 11 is 0. The number of ketones is 1. The van der Waals surface area contributed by atoms with Gasteiger partial charge in [-0.1, -0.05) is 12.1 Å². The van der Waals surface area contributed by atoms with Crippen molar-refractivity contribution >= 4 is 5.78 Å². The molecule has 1 fully saturated rings. The zero-order chi connectivity index (χ0) is 16.5. The number of carbonyl (C=O) groups excluding carboxylic acids is 1. The van der Waals surface area contributed by atoms with E-state index in [1.807, 2.05) is 18.2 Å². The van der Waals surface area contributed by atoms with E-state index in [2.05, 4.69) is 11.1 Å². The maximum atomic E-state index is 12.7. The minimum Gasteiger partial charge on any atom is -0.486 e. The summed E-state index contributed by atoms with van der Waals surface area (Å²) in [6.07, 6.45) is 2.38. The van der Waals surface area contributed by atoms with E-state index in [0.29, 0.717) is 18.9 Å². The lowest BCUT2D eigenvalue weighted by atomic mass is 9.95. The zero-order valence-electron chi connectivity index (χ0n) is 13.0. The van der Waals surface area contributed by atoms with Gasteiger partial charge in [0, 0.05) is 12.1 Å². The number of hydrogen-bond donors (Lipinski definition) is 0. The summed E-state index contributed by atoms with van der Waals surface area (Å²) in [7, 11) is 0. The first-order chi connectivity index (χ1) is 11.8. The Hall–Kier alpha value is -2.87. The molecule has 3 atom stereocenters. The van der Waals surface area contributed by atoms with Crippen LogP contribution < -0.4 is 9.47 Å². The summed E-state index contributed by atoms with van der Waals surface area (Å²) in [6, 6.07) is 13.2. The fourth-order valence-electron chi connectivity index (χ4n) is 3.20. The Morgan fingerprint density at radius 2 is 2.04 bits per heavy atom. The first kappa shape index (κ1) is 14.7. The standard InChI is InChI=1S/C19H16N2O3/c20-11-15(16-3-1-2-6-21-16)19(22)14-10-13(14)12-4-5-17-18(9-12)24-8-7-23-17/h1-6,9,13-15H,7-8,10H2/t13-,14-,15+/m1/s1. The van der Waals surface area contributed by atoms with Gasteiger partial charge in [-0.15, -0.1) is 0 Å². The summed E-state index contributed by atoms with van der Waals surface area (Å²) in [5, 5.41) is 9.39. The van der Waals surface area contributed by atoms with Gasteiger partial charge in [-0.25, -0.2) is 0 Å². The highest BCUT2D eigenvalue weighted by Crippen LogP contribution is 2.51. The third-order valence-corrected chi connectivity index (χ3v) is 4.55. The minimum absolute atomic E-state index is 0.0453. The molecular formula is C19H16N2O3. The monoisotopic (exact) mass is 320 g/mol. The Morgan fingerprint density at radius 3 is 2.79 bits per heavy atom. The van der Waals surface area contributed by atoms with Crippen molar-refractivity contribution in [3.63, 3.8) is 0 Å². The second kappa shape index (κ2) is 5.97. The zero-order valence-corrected chi connectivity index (χ0v) is 13.0. The summed E-state index contributed by atoms with van der Waals surface area (Å²) < 4.78 is 11.1. The number of Topliss-reactive ketones (excluding diaryl/α,β-unsaturated/α-hetero) is 1. The molecule has 0 N–H and O–H groups in total. The van der Waals surface area contributed by atoms with Crippen molar-refractivity contribution in [3.05, 3.63) is 53.9 Å². The normalized spacial score (nSPS) is 22.3. The molecule has 0 radical (unpaired) electrons. The van der Waals surface area contributed by atoms with Crippen LogP contribution in [0.15, 0.2) is 42.6 Å². The SMILES string of the molecule is N#C[C@H](C(=O)[C@@H]1C[C@@H]1c1ccc2c(c1)OCCO2)c1ccccn1. The molecule has 1 aromatic heterocycles. The smallest absolute Gasteiger partial charge is 0.161 e. The quantitative estimate of drug-likeness (QED) is 0.866. The molecule has 2 heterocycles. The van der Waals surface area contributed by atoms with Crippen LogP contribution in [0.4, 0.5) is 0 Å². The minimum atomic E-state index is -0.793. The molecule has 0 spiro atoms. The van der Waals surface area contributed by atoms with E-state index in [1.165, 1.54) is 0 Å². The molecule has 1 aromatic carbocycles. The molecule has 5 nitrogen and oxygen atoms in total. The fraction of sp³-hybridized carbons (Fsp3) is 0.316. The van der Waals surface area contributed by atoms with E-state index in [1.54, 1.807) is 24.4 Å². The maximum Gasteiger partial charge on any atom is 0.161 e. The number of carbonyl (C=O) groups is 1. The fourth-order valence-corrected chi connectivity index (χ4v) is 3.20. The number of fused-ring (bicyclic) bond motifs is 1. The van der Waals surface area contributed by atoms with Crippen LogP contribution in [0.1, 0.15) is 29.5 Å². The van der Waals surface area contributed by atoms with Crippen LogP contribution in [0.5, 0.6) is 11.5 Å². The molecule has 5 heteroatoms. The highest BCUT2D eigenvalue weighted by molar-refractivity contribution is 5.93. The van der Waals surface area contributed by atoms with Gasteiger partial charge in [-0.05, 0) is 42.2 Å². The van der Waals surface area contributed by atoms with Crippen LogP contribution in [0.2, 0.25) is 0 Å². The molecule has 0 bridgehead atoms. The molecule has 1 aliphatic heterocycles. The lowest BCUT2D eigenvalue weighted by molar-refractivity contribution is -0.120. The number of pyridine rings is 1. The van der Waals surface area contributed by atoms with Crippen LogP contribution in [-0.4, -0.2) is 24.0 Å². The molecule has 1 aliphatic carbocycles. The molecular weight excluding hydrogens is 304 g/mol. The first-order valence-corrected chi connectivity index (χ1v) is 8.02. The van der Waals surface area contributed by atoms with Crippen LogP contribution in [0, 0.1) is 17.2 Å². The predicted molar refractivity (Wildman–Crippen MR) is 85.9 cm³/mol. The first-order valence-electron chi connectivity index (χ1n) is 8.02. The molecule has 1 saturated carbocycles. The van der Waals surface area contributed by atoms with E-state index < -0.39 is 5.92 Å². The van der Waals surface area contributed by atoms with Gasteiger partial charge in [0.05, 0.1) is 11.8 Å². The third kappa shape index (κ3) is 2.61. The second-order valence-corrected chi connectivity index (χ2v) is 6.07. The Labute approximate surface area is 139 Å². The Balaban J connectivity index is 1.51. The van der Waals surface area contributed by atoms with Gasteiger partial charge in [0.25, 0.3) is 0 Å². The number of nitrogens with zero attached hydrogens (tertiary/aromatic N) is 2. The van der Waals surface area contributed by atoms with Crippen molar-refractivity contribution in [1.82, 2.24) is 4.98 Å². The molecule has 2 aromatic rings. The number of benzene rings is 1. The van der Waals surface area contributed by atoms with Crippen molar-refractivity contribution < 1.29 is 14.3 Å². The largest absolute Gasteiger partial charge is 0.486 e. The van der Waals surface area contributed by atoms with Gasteiger partial charge in [0.1, 0.15) is 19.1 Å². The van der Waals surface area contributed by atoms with Gasteiger partial charge in [0.15, 0.2) is 17.3 Å². The van der Waals surface area contributed by atoms with E-state index in [9.17, 15) is 10.1 Å². The Bertz CT molecular complexity index is 813. The molecule has 0 unspecified atom stereocenters. The van der Waals surface area contributed by atoms with E-state index >= 15 is 0 Å². The van der Waals surface area contributed by atoms with Crippen LogP contribution >= 0.6 is 0 Å². The van der Waals surface area contributed by atoms with Crippen LogP contribution in [-0.2, 0) is 4.79 Å². The number of hydrogen-bond acceptors (Lipinski definition) is 5. The Morgan fingerprint density at radius 1 is 1.21 bits per heavy atom. The van der Waals surface area contributed by atoms with Crippen molar-refractivity contribution in [1.29, 1.82) is 5.26 Å². The highest BCUT2D eigenvalue weighted by Gasteiger charge is 2.47. The van der Waals surface area contributed by atoms with Crippen LogP contribution in [0.3, 0.4) is 0 Å². The predicted octanol–water partition coefficient (Wildman–Crippen LogP) is 2.83. The molecule has 0 saturated heterocycles. The van der Waals surface area contributed by atoms with Crippen molar-refractivity contribution in [2.45, 2.75) is 18.3 Å². The highest BCUT2D eigenvalue weighted by atomic mass is 16.6. The second-order valence-electron chi connectivity index (χ2n) is 6.07. The van der Waals surface area contributed by atoms with Gasteiger partial charge in [0.2, 0.25) is 0 Å². The average molecular weight is 320 g/mol. The van der Waals surface area contributed by atoms with E-state index in [4.69, 9.17) is 9.47 Å². The van der Waals surface area contributed by atoms with E-state index in [0.717, 1.165) is 23.5 Å². The topological polar surface area (TPSA) is 72.2 Å². The van der Waals surface area contributed by atoms with Gasteiger partial charge in [-0.3, -0.25) is 9.78 Å². The molecule has 4 rings (SSSR count). The Kier molecular flexibility index (Phi) is 3.66. The van der Waals surface area contributed by atoms with Crippen LogP contribution in [0.25, 0.3) is 0 Å².